The Morgan fingerprint density at radius 2 is 1.89 bits per heavy atom. The third-order valence-corrected chi connectivity index (χ3v) is 5.42. The van der Waals surface area contributed by atoms with Gasteiger partial charge in [0.2, 0.25) is 0 Å². The summed E-state index contributed by atoms with van der Waals surface area (Å²) in [4.78, 5) is 28.8. The van der Waals surface area contributed by atoms with Crippen LogP contribution in [0.2, 0.25) is 0 Å². The Labute approximate surface area is 164 Å². The number of hydrogen-bond acceptors (Lipinski definition) is 6. The van der Waals surface area contributed by atoms with Crippen LogP contribution in [0, 0.1) is 0 Å². The molecule has 4 heterocycles. The molecule has 2 saturated heterocycles. The van der Waals surface area contributed by atoms with Crippen molar-refractivity contribution in [1.29, 1.82) is 0 Å². The van der Waals surface area contributed by atoms with E-state index in [1.807, 2.05) is 18.3 Å². The molecule has 2 aromatic rings. The topological polar surface area (TPSA) is 94.5 Å². The molecule has 2 aromatic heterocycles. The summed E-state index contributed by atoms with van der Waals surface area (Å²) in [5.41, 5.74) is 1.75. The zero-order valence-electron chi connectivity index (χ0n) is 15.9. The van der Waals surface area contributed by atoms with E-state index in [-0.39, 0.29) is 6.04 Å². The van der Waals surface area contributed by atoms with Gasteiger partial charge in [-0.3, -0.25) is 4.98 Å². The minimum Gasteiger partial charge on any atom is -0.465 e. The van der Waals surface area contributed by atoms with Crippen molar-refractivity contribution in [3.63, 3.8) is 0 Å². The summed E-state index contributed by atoms with van der Waals surface area (Å²) in [6, 6.07) is 3.87. The van der Waals surface area contributed by atoms with E-state index >= 15 is 0 Å². The molecule has 4 rings (SSSR count). The summed E-state index contributed by atoms with van der Waals surface area (Å²) >= 11 is 0. The van der Waals surface area contributed by atoms with E-state index in [4.69, 9.17) is 9.97 Å². The smallest absolute Gasteiger partial charge is 0.407 e. The van der Waals surface area contributed by atoms with Crippen LogP contribution in [0.25, 0.3) is 11.3 Å². The second-order valence-electron chi connectivity index (χ2n) is 7.42. The second kappa shape index (κ2) is 8.41. The van der Waals surface area contributed by atoms with Crippen LogP contribution in [-0.4, -0.2) is 63.3 Å². The third-order valence-electron chi connectivity index (χ3n) is 5.42. The van der Waals surface area contributed by atoms with Gasteiger partial charge in [-0.15, -0.1) is 0 Å². The summed E-state index contributed by atoms with van der Waals surface area (Å²) in [5, 5.41) is 12.8. The Kier molecular flexibility index (Phi) is 5.55. The van der Waals surface area contributed by atoms with Crippen molar-refractivity contribution in [2.75, 3.05) is 36.4 Å². The van der Waals surface area contributed by atoms with Gasteiger partial charge in [0.15, 0.2) is 11.6 Å². The van der Waals surface area contributed by atoms with Crippen LogP contribution in [0.5, 0.6) is 0 Å². The normalized spacial score (nSPS) is 20.1. The maximum atomic E-state index is 11.4. The summed E-state index contributed by atoms with van der Waals surface area (Å²) in [6.45, 7) is 3.01. The van der Waals surface area contributed by atoms with Gasteiger partial charge in [-0.2, -0.15) is 0 Å². The van der Waals surface area contributed by atoms with Crippen LogP contribution in [0.1, 0.15) is 32.1 Å². The molecule has 0 saturated carbocycles. The summed E-state index contributed by atoms with van der Waals surface area (Å²) < 4.78 is 0. The average Bonchev–Trinajstić information content (AvgIpc) is 2.75. The molecule has 1 unspecified atom stereocenters. The Bertz CT molecular complexity index is 810. The third kappa shape index (κ3) is 4.16. The largest absolute Gasteiger partial charge is 0.465 e. The molecule has 2 aliphatic heterocycles. The molecule has 148 valence electrons. The van der Waals surface area contributed by atoms with Crippen molar-refractivity contribution in [3.05, 3.63) is 30.7 Å². The van der Waals surface area contributed by atoms with Crippen LogP contribution in [0.4, 0.5) is 16.4 Å². The molecule has 28 heavy (non-hydrogen) atoms. The molecular formula is C20H26N6O2. The number of amides is 1. The van der Waals surface area contributed by atoms with Crippen molar-refractivity contribution in [3.8, 4) is 11.3 Å². The van der Waals surface area contributed by atoms with Crippen molar-refractivity contribution in [1.82, 2.24) is 19.9 Å². The molecule has 8 nitrogen and oxygen atoms in total. The van der Waals surface area contributed by atoms with Crippen LogP contribution < -0.4 is 10.2 Å². The fourth-order valence-electron chi connectivity index (χ4n) is 3.94. The molecule has 0 bridgehead atoms. The monoisotopic (exact) mass is 382 g/mol. The maximum absolute atomic E-state index is 11.4. The lowest BCUT2D eigenvalue weighted by atomic mass is 10.1. The van der Waals surface area contributed by atoms with Gasteiger partial charge in [-0.1, -0.05) is 0 Å². The highest BCUT2D eigenvalue weighted by atomic mass is 16.4. The predicted octanol–water partition coefficient (Wildman–Crippen LogP) is 3.08. The first kappa shape index (κ1) is 18.5. The number of hydrogen-bond donors (Lipinski definition) is 2. The van der Waals surface area contributed by atoms with Gasteiger partial charge >= 0.3 is 6.09 Å². The minimum atomic E-state index is -0.862. The minimum absolute atomic E-state index is 0.0374. The lowest BCUT2D eigenvalue weighted by molar-refractivity contribution is 0.133. The summed E-state index contributed by atoms with van der Waals surface area (Å²) in [6.07, 6.45) is 9.77. The van der Waals surface area contributed by atoms with Gasteiger partial charge in [0.05, 0.1) is 11.9 Å². The first-order chi connectivity index (χ1) is 13.7. The first-order valence-electron chi connectivity index (χ1n) is 9.97. The van der Waals surface area contributed by atoms with Crippen LogP contribution in [-0.2, 0) is 0 Å². The Morgan fingerprint density at radius 1 is 1.11 bits per heavy atom. The number of carboxylic acid groups (broad SMARTS) is 1. The zero-order chi connectivity index (χ0) is 19.3. The molecular weight excluding hydrogens is 356 g/mol. The summed E-state index contributed by atoms with van der Waals surface area (Å²) in [7, 11) is 0. The fourth-order valence-corrected chi connectivity index (χ4v) is 3.94. The Balaban J connectivity index is 1.62. The molecule has 8 heteroatoms. The number of rotatable bonds is 4. The van der Waals surface area contributed by atoms with E-state index < -0.39 is 6.09 Å². The quantitative estimate of drug-likeness (QED) is 0.839. The number of nitrogens with one attached hydrogen (secondary N) is 1. The number of likely N-dealkylation sites (tertiary alicyclic amines) is 1. The van der Waals surface area contributed by atoms with Gasteiger partial charge < -0.3 is 20.2 Å². The van der Waals surface area contributed by atoms with Crippen LogP contribution >= 0.6 is 0 Å². The number of piperidine rings is 2. The average molecular weight is 382 g/mol. The molecule has 0 aliphatic carbocycles. The number of nitrogens with zero attached hydrogens (tertiary/aromatic N) is 5. The number of aromatic nitrogens is 3. The number of carbonyl (C=O) groups is 1. The van der Waals surface area contributed by atoms with E-state index in [1.165, 1.54) is 11.3 Å². The second-order valence-corrected chi connectivity index (χ2v) is 7.42. The van der Waals surface area contributed by atoms with Crippen molar-refractivity contribution in [2.45, 2.75) is 38.1 Å². The van der Waals surface area contributed by atoms with Crippen molar-refractivity contribution < 1.29 is 9.90 Å². The van der Waals surface area contributed by atoms with Crippen molar-refractivity contribution >= 4 is 17.7 Å². The van der Waals surface area contributed by atoms with Gasteiger partial charge in [0.25, 0.3) is 0 Å². The standard InChI is InChI=1S/C20H26N6O2/c27-20(28)26-12-4-5-16(14-26)23-18-19(25-10-2-1-3-11-25)22-13-17(24-18)15-6-8-21-9-7-15/h6-9,13,16H,1-5,10-12,14H2,(H,23,24)(H,27,28). The fraction of sp³-hybridized carbons (Fsp3) is 0.500. The molecule has 1 atom stereocenters. The predicted molar refractivity (Wildman–Crippen MR) is 108 cm³/mol. The van der Waals surface area contributed by atoms with Crippen LogP contribution in [0.15, 0.2) is 30.7 Å². The van der Waals surface area contributed by atoms with E-state index in [9.17, 15) is 9.90 Å². The van der Waals surface area contributed by atoms with Gasteiger partial charge in [0, 0.05) is 50.2 Å². The lowest BCUT2D eigenvalue weighted by Crippen LogP contribution is -2.45. The van der Waals surface area contributed by atoms with Gasteiger partial charge in [0.1, 0.15) is 0 Å². The van der Waals surface area contributed by atoms with E-state index in [1.54, 1.807) is 12.4 Å². The van der Waals surface area contributed by atoms with E-state index in [2.05, 4.69) is 15.2 Å². The molecule has 2 aliphatic rings. The highest BCUT2D eigenvalue weighted by Crippen LogP contribution is 2.29. The molecule has 1 amide bonds. The lowest BCUT2D eigenvalue weighted by Gasteiger charge is -2.33. The molecule has 0 spiro atoms. The molecule has 2 N–H and O–H groups in total. The number of pyridine rings is 1. The zero-order valence-corrected chi connectivity index (χ0v) is 15.9. The molecule has 2 fully saturated rings. The van der Waals surface area contributed by atoms with Gasteiger partial charge in [-0.25, -0.2) is 14.8 Å². The first-order valence-corrected chi connectivity index (χ1v) is 9.97. The maximum Gasteiger partial charge on any atom is 0.407 e. The number of anilines is 2. The Morgan fingerprint density at radius 3 is 2.64 bits per heavy atom. The highest BCUT2D eigenvalue weighted by molar-refractivity contribution is 5.68. The summed E-state index contributed by atoms with van der Waals surface area (Å²) in [5.74, 6) is 1.61. The van der Waals surface area contributed by atoms with E-state index in [0.29, 0.717) is 13.1 Å². The van der Waals surface area contributed by atoms with Crippen LogP contribution in [0.3, 0.4) is 0 Å². The molecule has 0 aromatic carbocycles. The SMILES string of the molecule is O=C(O)N1CCCC(Nc2nc(-c3ccncc3)cnc2N2CCCCC2)C1. The Hall–Kier alpha value is -2.90. The van der Waals surface area contributed by atoms with E-state index in [0.717, 1.165) is 61.7 Å². The highest BCUT2D eigenvalue weighted by Gasteiger charge is 2.26. The molecule has 0 radical (unpaired) electrons. The van der Waals surface area contributed by atoms with Crippen molar-refractivity contribution in [2.24, 2.45) is 0 Å². The van der Waals surface area contributed by atoms with Gasteiger partial charge in [-0.05, 0) is 44.2 Å².